The van der Waals surface area contributed by atoms with Crippen molar-refractivity contribution in [3.63, 3.8) is 0 Å². The first-order chi connectivity index (χ1) is 8.43. The lowest BCUT2D eigenvalue weighted by atomic mass is 9.46. The summed E-state index contributed by atoms with van der Waals surface area (Å²) in [6.45, 7) is 9.91. The van der Waals surface area contributed by atoms with E-state index < -0.39 is 0 Å². The zero-order valence-electron chi connectivity index (χ0n) is 12.6. The van der Waals surface area contributed by atoms with Gasteiger partial charge < -0.3 is 0 Å². The molecule has 0 radical (unpaired) electrons. The van der Waals surface area contributed by atoms with Crippen molar-refractivity contribution >= 4 is 0 Å². The Morgan fingerprint density at radius 3 is 2.72 bits per heavy atom. The molecule has 0 spiro atoms. The molecule has 0 saturated heterocycles. The van der Waals surface area contributed by atoms with E-state index >= 15 is 0 Å². The molecule has 18 heavy (non-hydrogen) atoms. The second-order valence-corrected chi connectivity index (χ2v) is 7.89. The molecule has 2 unspecified atom stereocenters. The highest BCUT2D eigenvalue weighted by atomic mass is 14.6. The van der Waals surface area contributed by atoms with Crippen LogP contribution >= 0.6 is 0 Å². The average molecular weight is 244 g/mol. The molecule has 100 valence electrons. The van der Waals surface area contributed by atoms with Gasteiger partial charge in [0.1, 0.15) is 0 Å². The van der Waals surface area contributed by atoms with Crippen LogP contribution in [0.4, 0.5) is 0 Å². The number of hydrogen-bond acceptors (Lipinski definition) is 0. The summed E-state index contributed by atoms with van der Waals surface area (Å²) in [6, 6.07) is 0. The average Bonchev–Trinajstić information content (AvgIpc) is 2.27. The van der Waals surface area contributed by atoms with Crippen molar-refractivity contribution in [2.45, 2.75) is 66.2 Å². The van der Waals surface area contributed by atoms with Gasteiger partial charge in [0.2, 0.25) is 0 Å². The predicted octanol–water partition coefficient (Wildman–Crippen LogP) is 5.51. The molecule has 0 N–H and O–H groups in total. The van der Waals surface area contributed by atoms with Crippen LogP contribution in [-0.4, -0.2) is 0 Å². The smallest absolute Gasteiger partial charge is 0.0108 e. The van der Waals surface area contributed by atoms with Crippen LogP contribution in [-0.2, 0) is 0 Å². The molecule has 3 rings (SSSR count). The molecule has 0 amide bonds. The van der Waals surface area contributed by atoms with E-state index in [1.165, 1.54) is 44.1 Å². The highest BCUT2D eigenvalue weighted by Crippen LogP contribution is 2.62. The van der Waals surface area contributed by atoms with Gasteiger partial charge in [0, 0.05) is 0 Å². The summed E-state index contributed by atoms with van der Waals surface area (Å²) in [4.78, 5) is 0. The van der Waals surface area contributed by atoms with Crippen molar-refractivity contribution in [1.29, 1.82) is 0 Å². The van der Waals surface area contributed by atoms with E-state index in [4.69, 9.17) is 0 Å². The Hall–Kier alpha value is -0.520. The van der Waals surface area contributed by atoms with Crippen LogP contribution in [0.5, 0.6) is 0 Å². The molecule has 2 saturated carbocycles. The first-order valence-corrected chi connectivity index (χ1v) is 7.81. The highest BCUT2D eigenvalue weighted by Gasteiger charge is 2.52. The molecule has 0 heteroatoms. The van der Waals surface area contributed by atoms with Gasteiger partial charge >= 0.3 is 0 Å². The van der Waals surface area contributed by atoms with E-state index in [-0.39, 0.29) is 0 Å². The van der Waals surface area contributed by atoms with Crippen molar-refractivity contribution < 1.29 is 0 Å². The van der Waals surface area contributed by atoms with E-state index in [1.54, 1.807) is 5.57 Å². The fraction of sp³-hybridized carbons (Fsp3) is 0.778. The summed E-state index contributed by atoms with van der Waals surface area (Å²) < 4.78 is 0. The minimum atomic E-state index is 0.564. The van der Waals surface area contributed by atoms with Gasteiger partial charge in [0.25, 0.3) is 0 Å². The Labute approximate surface area is 113 Å². The molecule has 3 aliphatic carbocycles. The summed E-state index contributed by atoms with van der Waals surface area (Å²) in [5.41, 5.74) is 4.41. The maximum atomic E-state index is 2.60. The van der Waals surface area contributed by atoms with Gasteiger partial charge in [0.05, 0.1) is 0 Å². The van der Waals surface area contributed by atoms with Crippen molar-refractivity contribution in [1.82, 2.24) is 0 Å². The van der Waals surface area contributed by atoms with Gasteiger partial charge in [-0.25, -0.2) is 0 Å². The Balaban J connectivity index is 1.97. The molecular weight excluding hydrogens is 216 g/mol. The Bertz CT molecular complexity index is 410. The summed E-state index contributed by atoms with van der Waals surface area (Å²) in [5, 5.41) is 0. The molecule has 3 aliphatic rings. The van der Waals surface area contributed by atoms with Gasteiger partial charge in [-0.05, 0) is 61.7 Å². The van der Waals surface area contributed by atoms with Gasteiger partial charge in [-0.3, -0.25) is 0 Å². The quantitative estimate of drug-likeness (QED) is 0.527. The SMILES string of the molecule is CC1=CCC2C(=C1)CCC1C(C)(C)CCC[C@]21C. The third kappa shape index (κ3) is 1.72. The minimum Gasteiger partial charge on any atom is -0.0810 e. The second-order valence-electron chi connectivity index (χ2n) is 7.89. The predicted molar refractivity (Wildman–Crippen MR) is 78.4 cm³/mol. The van der Waals surface area contributed by atoms with E-state index in [2.05, 4.69) is 39.8 Å². The molecule has 0 heterocycles. The van der Waals surface area contributed by atoms with Crippen LogP contribution < -0.4 is 0 Å². The maximum Gasteiger partial charge on any atom is -0.0108 e. The van der Waals surface area contributed by atoms with Gasteiger partial charge in [-0.2, -0.15) is 0 Å². The summed E-state index contributed by atoms with van der Waals surface area (Å²) in [6.07, 6.45) is 13.4. The van der Waals surface area contributed by atoms with Gasteiger partial charge in [0.15, 0.2) is 0 Å². The number of allylic oxidation sites excluding steroid dienone is 4. The van der Waals surface area contributed by atoms with Gasteiger partial charge in [-0.15, -0.1) is 0 Å². The Morgan fingerprint density at radius 2 is 1.94 bits per heavy atom. The van der Waals surface area contributed by atoms with Crippen molar-refractivity contribution in [3.8, 4) is 0 Å². The van der Waals surface area contributed by atoms with E-state index in [1.807, 2.05) is 0 Å². The van der Waals surface area contributed by atoms with E-state index in [0.717, 1.165) is 11.8 Å². The van der Waals surface area contributed by atoms with Crippen LogP contribution in [0.2, 0.25) is 0 Å². The Kier molecular flexibility index (Phi) is 2.77. The minimum absolute atomic E-state index is 0.564. The first kappa shape index (κ1) is 12.5. The van der Waals surface area contributed by atoms with E-state index in [9.17, 15) is 0 Å². The standard InChI is InChI=1S/C18H28/c1-13-6-8-15-14(12-13)7-9-16-17(2,3)10-5-11-18(15,16)4/h6,12,15-16H,5,7-11H2,1-4H3/t15?,16?,18-/m1/s1. The lowest BCUT2D eigenvalue weighted by Gasteiger charge is -2.58. The maximum absolute atomic E-state index is 2.60. The number of hydrogen-bond donors (Lipinski definition) is 0. The molecule has 3 atom stereocenters. The molecule has 0 bridgehead atoms. The lowest BCUT2D eigenvalue weighted by molar-refractivity contribution is -0.0517. The van der Waals surface area contributed by atoms with Crippen LogP contribution in [0.25, 0.3) is 0 Å². The van der Waals surface area contributed by atoms with Crippen LogP contribution in [0.15, 0.2) is 23.3 Å². The van der Waals surface area contributed by atoms with Gasteiger partial charge in [-0.1, -0.05) is 50.5 Å². The van der Waals surface area contributed by atoms with Crippen LogP contribution in [0.3, 0.4) is 0 Å². The normalized spacial score (nSPS) is 42.4. The fourth-order valence-electron chi connectivity index (χ4n) is 5.46. The monoisotopic (exact) mass is 244 g/mol. The summed E-state index contributed by atoms with van der Waals surface area (Å²) in [5.74, 6) is 1.78. The van der Waals surface area contributed by atoms with Crippen molar-refractivity contribution in [2.24, 2.45) is 22.7 Å². The molecule has 0 aromatic heterocycles. The molecule has 0 nitrogen and oxygen atoms in total. The molecule has 2 fully saturated rings. The lowest BCUT2D eigenvalue weighted by Crippen LogP contribution is -2.49. The molecule has 0 aliphatic heterocycles. The topological polar surface area (TPSA) is 0 Å². The molecule has 0 aromatic rings. The Morgan fingerprint density at radius 1 is 1.17 bits per heavy atom. The zero-order chi connectivity index (χ0) is 13.0. The van der Waals surface area contributed by atoms with E-state index in [0.29, 0.717) is 10.8 Å². The number of rotatable bonds is 0. The molecule has 0 aromatic carbocycles. The second kappa shape index (κ2) is 3.99. The number of fused-ring (bicyclic) bond motifs is 3. The molecular formula is C18H28. The fourth-order valence-corrected chi connectivity index (χ4v) is 5.46. The third-order valence-corrected chi connectivity index (χ3v) is 6.33. The zero-order valence-corrected chi connectivity index (χ0v) is 12.6. The largest absolute Gasteiger partial charge is 0.0810 e. The van der Waals surface area contributed by atoms with Crippen molar-refractivity contribution in [2.75, 3.05) is 0 Å². The third-order valence-electron chi connectivity index (χ3n) is 6.33. The van der Waals surface area contributed by atoms with Crippen LogP contribution in [0.1, 0.15) is 66.2 Å². The first-order valence-electron chi connectivity index (χ1n) is 7.81. The highest BCUT2D eigenvalue weighted by molar-refractivity contribution is 5.32. The summed E-state index contributed by atoms with van der Waals surface area (Å²) in [7, 11) is 0. The van der Waals surface area contributed by atoms with Crippen molar-refractivity contribution in [3.05, 3.63) is 23.3 Å². The summed E-state index contributed by atoms with van der Waals surface area (Å²) >= 11 is 0. The van der Waals surface area contributed by atoms with Crippen LogP contribution in [0, 0.1) is 22.7 Å².